The van der Waals surface area contributed by atoms with E-state index in [0.29, 0.717) is 23.3 Å². The molecular weight excluding hydrogens is 248 g/mol. The lowest BCUT2D eigenvalue weighted by atomic mass is 9.74. The van der Waals surface area contributed by atoms with Gasteiger partial charge in [-0.05, 0) is 43.7 Å². The molecule has 3 aliphatic carbocycles. The molecule has 1 saturated carbocycles. The average Bonchev–Trinajstić information content (AvgIpc) is 2.96. The maximum absolute atomic E-state index is 6.22. The van der Waals surface area contributed by atoms with Gasteiger partial charge in [-0.15, -0.1) is 0 Å². The second-order valence-electron chi connectivity index (χ2n) is 6.04. The second-order valence-corrected chi connectivity index (χ2v) is 6.04. The zero-order valence-corrected chi connectivity index (χ0v) is 11.5. The Morgan fingerprint density at radius 3 is 3.15 bits per heavy atom. The molecular formula is C17H18N2O. The van der Waals surface area contributed by atoms with E-state index in [4.69, 9.17) is 10.5 Å². The van der Waals surface area contributed by atoms with Gasteiger partial charge < -0.3 is 10.5 Å². The predicted molar refractivity (Wildman–Crippen MR) is 79.0 cm³/mol. The van der Waals surface area contributed by atoms with Crippen LogP contribution in [-0.4, -0.2) is 4.98 Å². The lowest BCUT2D eigenvalue weighted by molar-refractivity contribution is 0.257. The van der Waals surface area contributed by atoms with Gasteiger partial charge in [-0.1, -0.05) is 24.3 Å². The smallest absolute Gasteiger partial charge is 0.170 e. The Balaban J connectivity index is 1.72. The molecule has 2 N–H and O–H groups in total. The quantitative estimate of drug-likeness (QED) is 0.892. The first-order valence-corrected chi connectivity index (χ1v) is 7.16. The molecule has 0 amide bonds. The van der Waals surface area contributed by atoms with Crippen molar-refractivity contribution in [2.24, 2.45) is 17.3 Å². The topological polar surface area (TPSA) is 48.1 Å². The Bertz CT molecular complexity index is 639. The van der Waals surface area contributed by atoms with Crippen molar-refractivity contribution in [1.29, 1.82) is 0 Å². The van der Waals surface area contributed by atoms with Crippen molar-refractivity contribution in [2.75, 3.05) is 5.73 Å². The van der Waals surface area contributed by atoms with Gasteiger partial charge in [0.2, 0.25) is 0 Å². The van der Waals surface area contributed by atoms with Crippen molar-refractivity contribution in [3.05, 3.63) is 54.1 Å². The molecule has 3 aliphatic rings. The summed E-state index contributed by atoms with van der Waals surface area (Å²) < 4.78 is 6.22. The molecule has 1 aromatic rings. The summed E-state index contributed by atoms with van der Waals surface area (Å²) in [5, 5.41) is 0. The summed E-state index contributed by atoms with van der Waals surface area (Å²) in [7, 11) is 0. The van der Waals surface area contributed by atoms with Crippen LogP contribution in [0.25, 0.3) is 0 Å². The van der Waals surface area contributed by atoms with Crippen molar-refractivity contribution in [1.82, 2.24) is 4.98 Å². The SMILES string of the molecule is Cc1nccc(N)c1OC1=CC2CC3C=CC=CC13C2. The summed E-state index contributed by atoms with van der Waals surface area (Å²) in [5.41, 5.74) is 7.59. The fraction of sp³-hybridized carbons (Fsp3) is 0.353. The zero-order chi connectivity index (χ0) is 13.7. The van der Waals surface area contributed by atoms with Gasteiger partial charge in [0.25, 0.3) is 0 Å². The highest BCUT2D eigenvalue weighted by Crippen LogP contribution is 2.60. The molecule has 3 heteroatoms. The number of fused-ring (bicyclic) bond motifs is 1. The molecule has 1 fully saturated rings. The largest absolute Gasteiger partial charge is 0.457 e. The summed E-state index contributed by atoms with van der Waals surface area (Å²) in [6.45, 7) is 1.94. The number of nitrogen functional groups attached to an aromatic ring is 1. The molecule has 20 heavy (non-hydrogen) atoms. The minimum Gasteiger partial charge on any atom is -0.457 e. The standard InChI is InChI=1S/C17H18N2O/c1-11-16(14(18)5-7-19-11)20-15-9-12-8-13-4-2-3-6-17(13,15)10-12/h2-7,9,12-13H,8,10H2,1H3,(H2,18,19). The number of nitrogens with zero attached hydrogens (tertiary/aromatic N) is 1. The highest BCUT2D eigenvalue weighted by Gasteiger charge is 2.53. The van der Waals surface area contributed by atoms with Gasteiger partial charge in [0, 0.05) is 6.20 Å². The molecule has 1 aromatic heterocycles. The van der Waals surface area contributed by atoms with E-state index < -0.39 is 0 Å². The number of aromatic nitrogens is 1. The highest BCUT2D eigenvalue weighted by atomic mass is 16.5. The first-order valence-electron chi connectivity index (χ1n) is 7.16. The summed E-state index contributed by atoms with van der Waals surface area (Å²) in [6.07, 6.45) is 15.3. The zero-order valence-electron chi connectivity index (χ0n) is 11.5. The molecule has 3 atom stereocenters. The van der Waals surface area contributed by atoms with E-state index in [9.17, 15) is 0 Å². The number of hydrogen-bond donors (Lipinski definition) is 1. The van der Waals surface area contributed by atoms with Crippen LogP contribution in [0.2, 0.25) is 0 Å². The number of pyridine rings is 1. The van der Waals surface area contributed by atoms with Gasteiger partial charge in [0.05, 0.1) is 16.8 Å². The number of anilines is 1. The Labute approximate surface area is 118 Å². The van der Waals surface area contributed by atoms with Crippen molar-refractivity contribution >= 4 is 5.69 Å². The number of rotatable bonds is 2. The van der Waals surface area contributed by atoms with E-state index in [1.54, 1.807) is 12.3 Å². The first-order chi connectivity index (χ1) is 9.69. The van der Waals surface area contributed by atoms with E-state index >= 15 is 0 Å². The third-order valence-electron chi connectivity index (χ3n) is 4.84. The van der Waals surface area contributed by atoms with Gasteiger partial charge in [-0.2, -0.15) is 0 Å². The van der Waals surface area contributed by atoms with Crippen LogP contribution >= 0.6 is 0 Å². The van der Waals surface area contributed by atoms with Crippen molar-refractivity contribution < 1.29 is 4.74 Å². The number of allylic oxidation sites excluding steroid dienone is 5. The fourth-order valence-electron chi connectivity index (χ4n) is 3.88. The summed E-state index contributed by atoms with van der Waals surface area (Å²) in [4.78, 5) is 4.28. The Morgan fingerprint density at radius 1 is 1.40 bits per heavy atom. The first kappa shape index (κ1) is 11.8. The van der Waals surface area contributed by atoms with Crippen LogP contribution in [0.15, 0.2) is 48.4 Å². The van der Waals surface area contributed by atoms with Gasteiger partial charge in [-0.25, -0.2) is 0 Å². The third kappa shape index (κ3) is 1.49. The minimum absolute atomic E-state index is 0.0497. The Hall–Kier alpha value is -2.03. The molecule has 1 spiro atoms. The average molecular weight is 266 g/mol. The van der Waals surface area contributed by atoms with Gasteiger partial charge in [-0.3, -0.25) is 4.98 Å². The van der Waals surface area contributed by atoms with Crippen LogP contribution < -0.4 is 10.5 Å². The summed E-state index contributed by atoms with van der Waals surface area (Å²) in [5.74, 6) is 2.96. The Morgan fingerprint density at radius 2 is 2.30 bits per heavy atom. The number of nitrogens with two attached hydrogens (primary N) is 1. The van der Waals surface area contributed by atoms with Gasteiger partial charge >= 0.3 is 0 Å². The van der Waals surface area contributed by atoms with E-state index in [0.717, 1.165) is 17.9 Å². The molecule has 3 nitrogen and oxygen atoms in total. The van der Waals surface area contributed by atoms with Gasteiger partial charge in [0.15, 0.2) is 5.75 Å². The van der Waals surface area contributed by atoms with Crippen molar-refractivity contribution in [3.8, 4) is 5.75 Å². The predicted octanol–water partition coefficient (Wildman–Crippen LogP) is 3.39. The van der Waals surface area contributed by atoms with Gasteiger partial charge in [0.1, 0.15) is 5.76 Å². The third-order valence-corrected chi connectivity index (χ3v) is 4.84. The number of aryl methyl sites for hydroxylation is 1. The Kier molecular flexibility index (Phi) is 2.34. The van der Waals surface area contributed by atoms with Crippen LogP contribution in [0, 0.1) is 24.2 Å². The molecule has 4 rings (SSSR count). The fourth-order valence-corrected chi connectivity index (χ4v) is 3.88. The van der Waals surface area contributed by atoms with E-state index in [2.05, 4.69) is 35.4 Å². The van der Waals surface area contributed by atoms with Crippen LogP contribution in [0.3, 0.4) is 0 Å². The molecule has 0 aliphatic heterocycles. The molecule has 0 aromatic carbocycles. The van der Waals surface area contributed by atoms with Crippen molar-refractivity contribution in [2.45, 2.75) is 19.8 Å². The van der Waals surface area contributed by atoms with Crippen LogP contribution in [0.5, 0.6) is 5.75 Å². The van der Waals surface area contributed by atoms with Crippen LogP contribution in [0.1, 0.15) is 18.5 Å². The number of ether oxygens (including phenoxy) is 1. The lowest BCUT2D eigenvalue weighted by Crippen LogP contribution is -2.28. The number of hydrogen-bond acceptors (Lipinski definition) is 3. The van der Waals surface area contributed by atoms with Crippen LogP contribution in [0.4, 0.5) is 5.69 Å². The van der Waals surface area contributed by atoms with Crippen molar-refractivity contribution in [3.63, 3.8) is 0 Å². The summed E-state index contributed by atoms with van der Waals surface area (Å²) in [6, 6.07) is 1.79. The monoisotopic (exact) mass is 266 g/mol. The minimum atomic E-state index is 0.0497. The molecule has 102 valence electrons. The molecule has 3 unspecified atom stereocenters. The molecule has 1 heterocycles. The normalized spacial score (nSPS) is 33.1. The molecule has 0 radical (unpaired) electrons. The second kappa shape index (κ2) is 3.98. The highest BCUT2D eigenvalue weighted by molar-refractivity contribution is 5.55. The summed E-state index contributed by atoms with van der Waals surface area (Å²) >= 11 is 0. The van der Waals surface area contributed by atoms with E-state index in [1.165, 1.54) is 6.42 Å². The van der Waals surface area contributed by atoms with Crippen LogP contribution in [-0.2, 0) is 0 Å². The molecule has 2 bridgehead atoms. The van der Waals surface area contributed by atoms with E-state index in [-0.39, 0.29) is 5.41 Å². The maximum Gasteiger partial charge on any atom is 0.170 e. The lowest BCUT2D eigenvalue weighted by Gasteiger charge is -2.34. The molecule has 0 saturated heterocycles. The maximum atomic E-state index is 6.22. The van der Waals surface area contributed by atoms with E-state index in [1.807, 2.05) is 6.92 Å².